The summed E-state index contributed by atoms with van der Waals surface area (Å²) in [6.07, 6.45) is 11.1. The highest BCUT2D eigenvalue weighted by atomic mass is 32.2. The number of sulfonamides is 1. The molecule has 5 rings (SSSR count). The lowest BCUT2D eigenvalue weighted by molar-refractivity contribution is -0.141. The van der Waals surface area contributed by atoms with Gasteiger partial charge in [-0.05, 0) is 84.4 Å². The second-order valence-corrected chi connectivity index (χ2v) is 17.4. The van der Waals surface area contributed by atoms with E-state index in [0.29, 0.717) is 23.5 Å². The van der Waals surface area contributed by atoms with Crippen molar-refractivity contribution in [2.45, 2.75) is 83.9 Å². The SMILES string of the molecule is C#CCN(c1ccc(NC(=O)OC(C)(C)C)c2ccccc12)[C@@H](C)CC(=O)OC.C#CCN(c1ccc(NS(=O)(=O)c2ccc(C)cc2C)c2ccccc12)[C@@H](C)CC(=O)OC. The van der Waals surface area contributed by atoms with Gasteiger partial charge in [0.1, 0.15) is 5.60 Å². The van der Waals surface area contributed by atoms with Crippen molar-refractivity contribution in [1.29, 1.82) is 0 Å². The van der Waals surface area contributed by atoms with E-state index in [-0.39, 0.29) is 48.3 Å². The topological polar surface area (TPSA) is 144 Å². The Morgan fingerprint density at radius 2 is 1.15 bits per heavy atom. The Kier molecular flexibility index (Phi) is 16.4. The molecule has 0 saturated carbocycles. The standard InChI is InChI=1S/C26H28N2O4S.C23H28N2O4/c1-6-15-28(20(4)17-26(29)32-5)24-13-12-23(21-9-7-8-10-22(21)24)27-33(30,31)25-14-11-18(2)16-19(25)3;1-7-14-25(16(2)15-21(26)28-6)20-13-12-19(17-10-8-9-11-18(17)20)24-22(27)29-23(3,4)5/h1,7-14,16,20,27H,15,17H2,2-5H3;1,8-13,16H,14-15H2,2-6H3,(H,24,27)/t20-;16-/m00/s1. The van der Waals surface area contributed by atoms with Crippen molar-refractivity contribution in [1.82, 2.24) is 0 Å². The predicted molar refractivity (Wildman–Crippen MR) is 249 cm³/mol. The Morgan fingerprint density at radius 3 is 1.58 bits per heavy atom. The molecule has 0 unspecified atom stereocenters. The largest absolute Gasteiger partial charge is 0.469 e. The highest BCUT2D eigenvalue weighted by Gasteiger charge is 2.24. The van der Waals surface area contributed by atoms with E-state index in [2.05, 4.69) is 21.9 Å². The van der Waals surface area contributed by atoms with Crippen molar-refractivity contribution < 1.29 is 37.0 Å². The van der Waals surface area contributed by atoms with Crippen LogP contribution < -0.4 is 19.8 Å². The van der Waals surface area contributed by atoms with Gasteiger partial charge in [0.05, 0.1) is 56.4 Å². The molecule has 0 fully saturated rings. The van der Waals surface area contributed by atoms with Crippen LogP contribution in [0.25, 0.3) is 21.5 Å². The Bertz CT molecular complexity index is 2610. The Morgan fingerprint density at radius 1 is 0.694 bits per heavy atom. The molecule has 0 saturated heterocycles. The highest BCUT2D eigenvalue weighted by molar-refractivity contribution is 7.92. The van der Waals surface area contributed by atoms with E-state index < -0.39 is 21.7 Å². The molecule has 62 heavy (non-hydrogen) atoms. The number of hydrogen-bond donors (Lipinski definition) is 2. The molecule has 0 aliphatic rings. The first kappa shape index (κ1) is 48.0. The summed E-state index contributed by atoms with van der Waals surface area (Å²) in [5.74, 6) is 4.68. The number of hydrogen-bond acceptors (Lipinski definition) is 10. The quantitative estimate of drug-likeness (QED) is 0.0630. The fraction of sp³-hybridized carbons (Fsp3) is 0.327. The maximum absolute atomic E-state index is 13.2. The number of carbonyl (C=O) groups is 3. The molecule has 0 aliphatic carbocycles. The van der Waals surface area contributed by atoms with Crippen LogP contribution in [0.2, 0.25) is 0 Å². The number of fused-ring (bicyclic) bond motifs is 2. The molecule has 0 spiro atoms. The molecule has 13 heteroatoms. The number of methoxy groups -OCH3 is 2. The summed E-state index contributed by atoms with van der Waals surface area (Å²) in [6.45, 7) is 13.6. The number of anilines is 4. The average Bonchev–Trinajstić information content (AvgIpc) is 3.21. The first-order valence-electron chi connectivity index (χ1n) is 20.0. The molecule has 5 aromatic rings. The van der Waals surface area contributed by atoms with Gasteiger partial charge in [0.25, 0.3) is 10.0 Å². The summed E-state index contributed by atoms with van der Waals surface area (Å²) in [7, 11) is -1.07. The Hall–Kier alpha value is -6.70. The van der Waals surface area contributed by atoms with Gasteiger partial charge in [0.2, 0.25) is 0 Å². The third-order valence-electron chi connectivity index (χ3n) is 9.89. The number of ether oxygens (including phenoxy) is 3. The number of nitrogens with zero attached hydrogens (tertiary/aromatic N) is 2. The summed E-state index contributed by atoms with van der Waals surface area (Å²) in [5.41, 5.74) is 3.89. The van der Waals surface area contributed by atoms with E-state index in [1.807, 2.05) is 124 Å². The van der Waals surface area contributed by atoms with Crippen LogP contribution in [0, 0.1) is 38.5 Å². The fourth-order valence-electron chi connectivity index (χ4n) is 7.00. The Balaban J connectivity index is 0.000000275. The van der Waals surface area contributed by atoms with Gasteiger partial charge < -0.3 is 24.0 Å². The van der Waals surface area contributed by atoms with E-state index >= 15 is 0 Å². The zero-order chi connectivity index (χ0) is 45.8. The molecule has 0 aromatic heterocycles. The van der Waals surface area contributed by atoms with Crippen LogP contribution in [0.3, 0.4) is 0 Å². The first-order valence-corrected chi connectivity index (χ1v) is 21.5. The van der Waals surface area contributed by atoms with Gasteiger partial charge in [0, 0.05) is 45.0 Å². The molecule has 0 bridgehead atoms. The number of terminal acetylenes is 2. The van der Waals surface area contributed by atoms with Crippen LogP contribution in [0.5, 0.6) is 0 Å². The average molecular weight is 861 g/mol. The van der Waals surface area contributed by atoms with Gasteiger partial charge in [-0.25, -0.2) is 13.2 Å². The van der Waals surface area contributed by atoms with Crippen molar-refractivity contribution >= 4 is 72.3 Å². The van der Waals surface area contributed by atoms with Gasteiger partial charge >= 0.3 is 18.0 Å². The molecule has 326 valence electrons. The molecule has 0 aliphatic heterocycles. The van der Waals surface area contributed by atoms with Crippen LogP contribution in [-0.2, 0) is 33.8 Å². The maximum atomic E-state index is 13.2. The van der Waals surface area contributed by atoms with E-state index in [1.54, 1.807) is 25.1 Å². The lowest BCUT2D eigenvalue weighted by Crippen LogP contribution is -2.35. The first-order chi connectivity index (χ1) is 29.3. The number of rotatable bonds is 14. The lowest BCUT2D eigenvalue weighted by Gasteiger charge is -2.30. The molecule has 1 amide bonds. The smallest absolute Gasteiger partial charge is 0.412 e. The minimum atomic E-state index is -3.79. The molecule has 12 nitrogen and oxygen atoms in total. The van der Waals surface area contributed by atoms with Crippen LogP contribution in [0.15, 0.2) is 95.9 Å². The van der Waals surface area contributed by atoms with Crippen molar-refractivity contribution in [2.75, 3.05) is 47.1 Å². The van der Waals surface area contributed by atoms with Crippen molar-refractivity contribution in [3.8, 4) is 24.7 Å². The van der Waals surface area contributed by atoms with Crippen LogP contribution >= 0.6 is 0 Å². The highest BCUT2D eigenvalue weighted by Crippen LogP contribution is 2.36. The van der Waals surface area contributed by atoms with Gasteiger partial charge in [-0.2, -0.15) is 0 Å². The monoisotopic (exact) mass is 860 g/mol. The normalized spacial score (nSPS) is 12.0. The zero-order valence-electron chi connectivity index (χ0n) is 36.9. The Labute approximate surface area is 366 Å². The van der Waals surface area contributed by atoms with Gasteiger partial charge in [-0.1, -0.05) is 78.1 Å². The third-order valence-corrected chi connectivity index (χ3v) is 11.4. The molecule has 2 N–H and O–H groups in total. The minimum Gasteiger partial charge on any atom is -0.469 e. The van der Waals surface area contributed by atoms with E-state index in [4.69, 9.17) is 27.1 Å². The fourth-order valence-corrected chi connectivity index (χ4v) is 8.31. The van der Waals surface area contributed by atoms with Gasteiger partial charge in [-0.15, -0.1) is 12.8 Å². The van der Waals surface area contributed by atoms with Crippen LogP contribution in [0.4, 0.5) is 27.5 Å². The van der Waals surface area contributed by atoms with Crippen LogP contribution in [0.1, 0.15) is 58.6 Å². The van der Waals surface area contributed by atoms with Crippen molar-refractivity contribution in [3.63, 3.8) is 0 Å². The van der Waals surface area contributed by atoms with E-state index in [9.17, 15) is 22.8 Å². The molecule has 5 aromatic carbocycles. The number of nitrogens with one attached hydrogen (secondary N) is 2. The second-order valence-electron chi connectivity index (χ2n) is 15.8. The van der Waals surface area contributed by atoms with E-state index in [0.717, 1.165) is 38.5 Å². The summed E-state index contributed by atoms with van der Waals surface area (Å²) in [4.78, 5) is 40.0. The lowest BCUT2D eigenvalue weighted by atomic mass is 10.0. The number of carbonyl (C=O) groups excluding carboxylic acids is 3. The van der Waals surface area contributed by atoms with E-state index in [1.165, 1.54) is 14.2 Å². The third kappa shape index (κ3) is 12.4. The molecule has 0 heterocycles. The summed E-state index contributed by atoms with van der Waals surface area (Å²) < 4.78 is 44.0. The van der Waals surface area contributed by atoms with Crippen molar-refractivity contribution in [2.24, 2.45) is 0 Å². The predicted octanol–water partition coefficient (Wildman–Crippen LogP) is 9.23. The van der Waals surface area contributed by atoms with Crippen molar-refractivity contribution in [3.05, 3.63) is 102 Å². The number of esters is 2. The minimum absolute atomic E-state index is 0.161. The second kappa shape index (κ2) is 21.2. The van der Waals surface area contributed by atoms with Crippen LogP contribution in [-0.4, -0.2) is 71.4 Å². The summed E-state index contributed by atoms with van der Waals surface area (Å²) >= 11 is 0. The molecule has 2 atom stereocenters. The molecule has 0 radical (unpaired) electrons. The number of aryl methyl sites for hydroxylation is 2. The molecular formula is C49H56N4O8S. The number of benzene rings is 5. The zero-order valence-corrected chi connectivity index (χ0v) is 37.7. The van der Waals surface area contributed by atoms with Gasteiger partial charge in [0.15, 0.2) is 0 Å². The summed E-state index contributed by atoms with van der Waals surface area (Å²) in [5, 5.41) is 6.13. The van der Waals surface area contributed by atoms with Gasteiger partial charge in [-0.3, -0.25) is 19.6 Å². The summed E-state index contributed by atoms with van der Waals surface area (Å²) in [6, 6.07) is 27.3. The molecular weight excluding hydrogens is 805 g/mol. The number of amides is 1. The maximum Gasteiger partial charge on any atom is 0.412 e.